The van der Waals surface area contributed by atoms with Crippen molar-refractivity contribution in [2.24, 2.45) is 0 Å². The van der Waals surface area contributed by atoms with E-state index in [1.165, 1.54) is 17.4 Å². The van der Waals surface area contributed by atoms with Crippen LogP contribution in [0.25, 0.3) is 0 Å². The molecule has 0 spiro atoms. The zero-order valence-corrected chi connectivity index (χ0v) is 13.4. The van der Waals surface area contributed by atoms with Crippen molar-refractivity contribution in [2.75, 3.05) is 7.05 Å². The molecule has 1 unspecified atom stereocenters. The van der Waals surface area contributed by atoms with Crippen molar-refractivity contribution in [2.45, 2.75) is 31.2 Å². The molecule has 1 heterocycles. The number of carbonyl (C=O) groups is 1. The van der Waals surface area contributed by atoms with Gasteiger partial charge in [0.25, 0.3) is 0 Å². The molecule has 0 amide bonds. The minimum atomic E-state index is -3.66. The number of halogens is 1. The van der Waals surface area contributed by atoms with Crippen LogP contribution in [0.1, 0.15) is 29.9 Å². The largest absolute Gasteiger partial charge is 0.477 e. The monoisotopic (exact) mass is 355 g/mol. The molecule has 0 aromatic carbocycles. The van der Waals surface area contributed by atoms with Gasteiger partial charge < -0.3 is 5.11 Å². The summed E-state index contributed by atoms with van der Waals surface area (Å²) in [4.78, 5) is 10.8. The maximum absolute atomic E-state index is 12.3. The van der Waals surface area contributed by atoms with E-state index in [2.05, 4.69) is 15.9 Å². The molecule has 1 N–H and O–H groups in total. The molecule has 102 valence electrons. The lowest BCUT2D eigenvalue weighted by molar-refractivity contribution is 0.0702. The Morgan fingerprint density at radius 1 is 1.61 bits per heavy atom. The second kappa shape index (κ2) is 5.68. The maximum atomic E-state index is 12.3. The number of nitrogens with zero attached hydrogens (tertiary/aromatic N) is 1. The van der Waals surface area contributed by atoms with Gasteiger partial charge in [0, 0.05) is 13.1 Å². The third kappa shape index (κ3) is 2.93. The summed E-state index contributed by atoms with van der Waals surface area (Å²) in [5.41, 5.74) is 0. The van der Waals surface area contributed by atoms with Gasteiger partial charge in [-0.2, -0.15) is 4.31 Å². The summed E-state index contributed by atoms with van der Waals surface area (Å²) in [7, 11) is -2.17. The van der Waals surface area contributed by atoms with Crippen LogP contribution in [-0.2, 0) is 10.0 Å². The van der Waals surface area contributed by atoms with Gasteiger partial charge in [-0.15, -0.1) is 11.3 Å². The summed E-state index contributed by atoms with van der Waals surface area (Å²) < 4.78 is 26.2. The zero-order chi connectivity index (χ0) is 14.1. The Balaban J connectivity index is 3.24. The van der Waals surface area contributed by atoms with Crippen LogP contribution < -0.4 is 0 Å². The van der Waals surface area contributed by atoms with E-state index < -0.39 is 16.0 Å². The van der Waals surface area contributed by atoms with E-state index in [-0.39, 0.29) is 15.8 Å². The maximum Gasteiger partial charge on any atom is 0.345 e. The molecule has 8 heteroatoms. The number of carboxylic acids is 1. The van der Waals surface area contributed by atoms with Crippen molar-refractivity contribution in [3.05, 3.63) is 14.7 Å². The second-order valence-electron chi connectivity index (χ2n) is 3.83. The molecule has 5 nitrogen and oxygen atoms in total. The van der Waals surface area contributed by atoms with Crippen LogP contribution in [-0.4, -0.2) is 36.9 Å². The van der Waals surface area contributed by atoms with E-state index in [1.54, 1.807) is 6.92 Å². The molecular weight excluding hydrogens is 342 g/mol. The number of hydrogen-bond acceptors (Lipinski definition) is 4. The molecule has 1 atom stereocenters. The summed E-state index contributed by atoms with van der Waals surface area (Å²) in [5.74, 6) is -1.13. The Morgan fingerprint density at radius 3 is 2.56 bits per heavy atom. The predicted molar refractivity (Wildman–Crippen MR) is 73.7 cm³/mol. The van der Waals surface area contributed by atoms with Gasteiger partial charge in [-0.1, -0.05) is 6.92 Å². The Bertz CT molecular complexity index is 552. The minimum absolute atomic E-state index is 0.00185. The predicted octanol–water partition coefficient (Wildman–Crippen LogP) is 2.63. The van der Waals surface area contributed by atoms with Crippen LogP contribution in [0.3, 0.4) is 0 Å². The molecular formula is C10H14BrNO4S2. The normalized spacial score (nSPS) is 13.8. The molecule has 0 saturated heterocycles. The molecule has 0 aliphatic carbocycles. The lowest BCUT2D eigenvalue weighted by Gasteiger charge is -2.22. The van der Waals surface area contributed by atoms with E-state index in [4.69, 9.17) is 5.11 Å². The highest BCUT2D eigenvalue weighted by molar-refractivity contribution is 9.11. The molecule has 1 aromatic rings. The van der Waals surface area contributed by atoms with Crippen molar-refractivity contribution in [3.8, 4) is 0 Å². The first kappa shape index (κ1) is 15.6. The third-order valence-electron chi connectivity index (χ3n) is 2.73. The number of sulfonamides is 1. The Hall–Kier alpha value is -0.440. The van der Waals surface area contributed by atoms with Crippen LogP contribution in [0, 0.1) is 0 Å². The second-order valence-corrected chi connectivity index (χ2v) is 8.17. The van der Waals surface area contributed by atoms with E-state index in [0.29, 0.717) is 10.2 Å². The Morgan fingerprint density at radius 2 is 2.17 bits per heavy atom. The van der Waals surface area contributed by atoms with Crippen LogP contribution >= 0.6 is 27.3 Å². The summed E-state index contributed by atoms with van der Waals surface area (Å²) >= 11 is 4.01. The Labute approximate surface area is 119 Å². The quantitative estimate of drug-likeness (QED) is 0.880. The highest BCUT2D eigenvalue weighted by Crippen LogP contribution is 2.33. The van der Waals surface area contributed by atoms with Gasteiger partial charge in [0.2, 0.25) is 10.0 Å². The lowest BCUT2D eigenvalue weighted by Crippen LogP contribution is -2.34. The van der Waals surface area contributed by atoms with Crippen molar-refractivity contribution < 1.29 is 18.3 Å². The topological polar surface area (TPSA) is 74.7 Å². The number of aromatic carboxylic acids is 1. The van der Waals surface area contributed by atoms with Crippen molar-refractivity contribution in [1.82, 2.24) is 4.31 Å². The first-order chi connectivity index (χ1) is 8.21. The number of hydrogen-bond donors (Lipinski definition) is 1. The van der Waals surface area contributed by atoms with E-state index in [1.807, 2.05) is 6.92 Å². The van der Waals surface area contributed by atoms with Crippen molar-refractivity contribution in [3.63, 3.8) is 0 Å². The van der Waals surface area contributed by atoms with Gasteiger partial charge in [-0.3, -0.25) is 0 Å². The highest BCUT2D eigenvalue weighted by atomic mass is 79.9. The van der Waals surface area contributed by atoms with Gasteiger partial charge in [0.1, 0.15) is 9.77 Å². The van der Waals surface area contributed by atoms with E-state index in [9.17, 15) is 13.2 Å². The molecule has 0 saturated carbocycles. The zero-order valence-electron chi connectivity index (χ0n) is 10.2. The number of thiophene rings is 1. The van der Waals surface area contributed by atoms with Crippen LogP contribution in [0.4, 0.5) is 0 Å². The van der Waals surface area contributed by atoms with Crippen LogP contribution in [0.5, 0.6) is 0 Å². The lowest BCUT2D eigenvalue weighted by atomic mass is 10.3. The fraction of sp³-hybridized carbons (Fsp3) is 0.500. The fourth-order valence-corrected chi connectivity index (χ4v) is 5.07. The molecule has 0 aliphatic rings. The molecule has 1 aromatic heterocycles. The van der Waals surface area contributed by atoms with Gasteiger partial charge in [0.15, 0.2) is 0 Å². The summed E-state index contributed by atoms with van der Waals surface area (Å²) in [6.45, 7) is 3.69. The molecule has 0 fully saturated rings. The van der Waals surface area contributed by atoms with Crippen LogP contribution in [0.15, 0.2) is 14.7 Å². The summed E-state index contributed by atoms with van der Waals surface area (Å²) in [5, 5.41) is 8.86. The van der Waals surface area contributed by atoms with Crippen molar-refractivity contribution >= 4 is 43.3 Å². The molecule has 0 aliphatic heterocycles. The standard InChI is InChI=1S/C10H14BrNO4S2/c1-4-6(2)12(3)18(15,16)8-5-7(10(13)14)17-9(8)11/h5-6H,4H2,1-3H3,(H,13,14). The Kier molecular flexibility index (Phi) is 4.93. The van der Waals surface area contributed by atoms with Gasteiger partial charge >= 0.3 is 5.97 Å². The average Bonchev–Trinajstić information content (AvgIpc) is 2.70. The van der Waals surface area contributed by atoms with E-state index in [0.717, 1.165) is 11.3 Å². The smallest absolute Gasteiger partial charge is 0.345 e. The first-order valence-corrected chi connectivity index (χ1v) is 8.27. The molecule has 0 bridgehead atoms. The highest BCUT2D eigenvalue weighted by Gasteiger charge is 2.29. The van der Waals surface area contributed by atoms with Gasteiger partial charge in [-0.05, 0) is 35.3 Å². The average molecular weight is 356 g/mol. The summed E-state index contributed by atoms with van der Waals surface area (Å²) in [6, 6.07) is 1.04. The number of carboxylic acid groups (broad SMARTS) is 1. The molecule has 1 rings (SSSR count). The molecule has 18 heavy (non-hydrogen) atoms. The third-order valence-corrected chi connectivity index (χ3v) is 6.95. The summed E-state index contributed by atoms with van der Waals surface area (Å²) in [6.07, 6.45) is 0.684. The first-order valence-electron chi connectivity index (χ1n) is 5.22. The van der Waals surface area contributed by atoms with Crippen molar-refractivity contribution in [1.29, 1.82) is 0 Å². The van der Waals surface area contributed by atoms with Gasteiger partial charge in [0.05, 0.1) is 3.79 Å². The fourth-order valence-electron chi connectivity index (χ4n) is 1.28. The number of rotatable bonds is 5. The van der Waals surface area contributed by atoms with E-state index >= 15 is 0 Å². The minimum Gasteiger partial charge on any atom is -0.477 e. The van der Waals surface area contributed by atoms with Gasteiger partial charge in [-0.25, -0.2) is 13.2 Å². The molecule has 0 radical (unpaired) electrons. The SMILES string of the molecule is CCC(C)N(C)S(=O)(=O)c1cc(C(=O)O)sc1Br. The van der Waals surface area contributed by atoms with Crippen LogP contribution in [0.2, 0.25) is 0 Å².